The smallest absolute Gasteiger partial charge is 0.247 e. The van der Waals surface area contributed by atoms with E-state index < -0.39 is 16.1 Å². The van der Waals surface area contributed by atoms with Crippen molar-refractivity contribution in [3.63, 3.8) is 0 Å². The molecule has 194 valence electrons. The van der Waals surface area contributed by atoms with Gasteiger partial charge in [0.05, 0.1) is 21.7 Å². The molecular formula is C26H34N4O4S2. The summed E-state index contributed by atoms with van der Waals surface area (Å²) in [5.41, 5.74) is 1.78. The maximum atomic E-state index is 14.0. The summed E-state index contributed by atoms with van der Waals surface area (Å²) in [7, 11) is 0.192. The fraction of sp³-hybridized carbons (Fsp3) is 0.462. The van der Waals surface area contributed by atoms with E-state index in [0.29, 0.717) is 37.7 Å². The zero-order chi connectivity index (χ0) is 25.9. The van der Waals surface area contributed by atoms with E-state index in [4.69, 9.17) is 9.72 Å². The number of hydrogen-bond donors (Lipinski definition) is 0. The average Bonchev–Trinajstić information content (AvgIpc) is 3.49. The zero-order valence-corrected chi connectivity index (χ0v) is 22.9. The quantitative estimate of drug-likeness (QED) is 0.392. The monoisotopic (exact) mass is 530 g/mol. The third-order valence-corrected chi connectivity index (χ3v) is 9.22. The number of ether oxygens (including phenoxy) is 1. The van der Waals surface area contributed by atoms with Crippen LogP contribution in [0.3, 0.4) is 0 Å². The van der Waals surface area contributed by atoms with Gasteiger partial charge in [0, 0.05) is 13.1 Å². The minimum Gasteiger partial charge on any atom is -0.494 e. The predicted molar refractivity (Wildman–Crippen MR) is 144 cm³/mol. The zero-order valence-electron chi connectivity index (χ0n) is 21.3. The third kappa shape index (κ3) is 5.72. The Balaban J connectivity index is 1.65. The maximum absolute atomic E-state index is 14.0. The lowest BCUT2D eigenvalue weighted by molar-refractivity contribution is -0.121. The molecule has 1 atom stereocenters. The predicted octanol–water partition coefficient (Wildman–Crippen LogP) is 4.14. The standard InChI is InChI=1S/C26H34N4O4S2/c1-5-34-20-11-14-22-24(18-20)35-26(27-22)29(16-7-15-28(3)4)25(31)23-8-6-17-30(23)36(32,33)21-12-9-19(2)10-13-21/h9-14,18,23H,5-8,15-17H2,1-4H3. The molecule has 1 unspecified atom stereocenters. The third-order valence-electron chi connectivity index (χ3n) is 6.26. The Kier molecular flexibility index (Phi) is 8.29. The Morgan fingerprint density at radius 2 is 1.92 bits per heavy atom. The first-order chi connectivity index (χ1) is 17.2. The molecule has 1 aliphatic rings. The average molecular weight is 531 g/mol. The van der Waals surface area contributed by atoms with Gasteiger partial charge in [-0.1, -0.05) is 29.0 Å². The van der Waals surface area contributed by atoms with Gasteiger partial charge < -0.3 is 9.64 Å². The number of nitrogens with zero attached hydrogens (tertiary/aromatic N) is 4. The number of sulfonamides is 1. The molecule has 1 saturated heterocycles. The topological polar surface area (TPSA) is 83.1 Å². The van der Waals surface area contributed by atoms with Gasteiger partial charge in [-0.2, -0.15) is 4.31 Å². The fourth-order valence-corrected chi connectivity index (χ4v) is 7.09. The number of fused-ring (bicyclic) bond motifs is 1. The van der Waals surface area contributed by atoms with Gasteiger partial charge in [-0.3, -0.25) is 9.69 Å². The molecule has 0 N–H and O–H groups in total. The molecule has 2 heterocycles. The van der Waals surface area contributed by atoms with Crippen molar-refractivity contribution < 1.29 is 17.9 Å². The van der Waals surface area contributed by atoms with Crippen LogP contribution in [-0.2, 0) is 14.8 Å². The lowest BCUT2D eigenvalue weighted by Gasteiger charge is -2.29. The van der Waals surface area contributed by atoms with Gasteiger partial charge in [0.1, 0.15) is 11.8 Å². The molecule has 36 heavy (non-hydrogen) atoms. The number of rotatable bonds is 10. The maximum Gasteiger partial charge on any atom is 0.247 e. The first-order valence-electron chi connectivity index (χ1n) is 12.3. The van der Waals surface area contributed by atoms with E-state index in [1.54, 1.807) is 29.2 Å². The highest BCUT2D eigenvalue weighted by molar-refractivity contribution is 7.89. The Morgan fingerprint density at radius 1 is 1.17 bits per heavy atom. The molecule has 1 aromatic heterocycles. The number of anilines is 1. The van der Waals surface area contributed by atoms with Crippen molar-refractivity contribution in [3.8, 4) is 5.75 Å². The molecule has 8 nitrogen and oxygen atoms in total. The van der Waals surface area contributed by atoms with Crippen molar-refractivity contribution in [1.82, 2.24) is 14.2 Å². The minimum absolute atomic E-state index is 0.217. The number of thiazole rings is 1. The minimum atomic E-state index is -3.79. The number of hydrogen-bond acceptors (Lipinski definition) is 7. The van der Waals surface area contributed by atoms with E-state index in [1.165, 1.54) is 15.6 Å². The highest BCUT2D eigenvalue weighted by atomic mass is 32.2. The van der Waals surface area contributed by atoms with Crippen molar-refractivity contribution in [2.24, 2.45) is 0 Å². The van der Waals surface area contributed by atoms with Gasteiger partial charge in [0.15, 0.2) is 5.13 Å². The summed E-state index contributed by atoms with van der Waals surface area (Å²) in [6.45, 7) is 6.02. The molecule has 1 aliphatic heterocycles. The van der Waals surface area contributed by atoms with Crippen molar-refractivity contribution >= 4 is 42.6 Å². The highest BCUT2D eigenvalue weighted by Gasteiger charge is 2.42. The summed E-state index contributed by atoms with van der Waals surface area (Å²) in [5, 5.41) is 0.585. The molecule has 0 saturated carbocycles. The number of aryl methyl sites for hydroxylation is 1. The van der Waals surface area contributed by atoms with Gasteiger partial charge in [0.2, 0.25) is 15.9 Å². The van der Waals surface area contributed by atoms with E-state index in [0.717, 1.165) is 34.5 Å². The van der Waals surface area contributed by atoms with Crippen LogP contribution in [0.2, 0.25) is 0 Å². The molecular weight excluding hydrogens is 496 g/mol. The van der Waals surface area contributed by atoms with Crippen molar-refractivity contribution in [2.45, 2.75) is 44.0 Å². The van der Waals surface area contributed by atoms with Crippen LogP contribution >= 0.6 is 11.3 Å². The molecule has 10 heteroatoms. The summed E-state index contributed by atoms with van der Waals surface area (Å²) in [4.78, 5) is 22.7. The lowest BCUT2D eigenvalue weighted by Crippen LogP contribution is -2.48. The van der Waals surface area contributed by atoms with Gasteiger partial charge in [0.25, 0.3) is 0 Å². The largest absolute Gasteiger partial charge is 0.494 e. The highest BCUT2D eigenvalue weighted by Crippen LogP contribution is 2.34. The fourth-order valence-electron chi connectivity index (χ4n) is 4.41. The van der Waals surface area contributed by atoms with E-state index in [-0.39, 0.29) is 10.8 Å². The van der Waals surface area contributed by atoms with E-state index in [1.807, 2.05) is 46.1 Å². The summed E-state index contributed by atoms with van der Waals surface area (Å²) >= 11 is 1.43. The molecule has 1 fully saturated rings. The van der Waals surface area contributed by atoms with Crippen molar-refractivity contribution in [2.75, 3.05) is 45.2 Å². The molecule has 3 aromatic rings. The van der Waals surface area contributed by atoms with Gasteiger partial charge in [-0.25, -0.2) is 13.4 Å². The van der Waals surface area contributed by atoms with Crippen LogP contribution < -0.4 is 9.64 Å². The van der Waals surface area contributed by atoms with Crippen LogP contribution in [0.1, 0.15) is 31.7 Å². The first kappa shape index (κ1) is 26.5. The summed E-state index contributed by atoms with van der Waals surface area (Å²) in [6, 6.07) is 11.8. The second-order valence-corrected chi connectivity index (χ2v) is 12.2. The Bertz CT molecular complexity index is 1310. The lowest BCUT2D eigenvalue weighted by atomic mass is 10.2. The van der Waals surface area contributed by atoms with E-state index >= 15 is 0 Å². The molecule has 2 aromatic carbocycles. The number of carbonyl (C=O) groups is 1. The van der Waals surface area contributed by atoms with Crippen LogP contribution in [-0.4, -0.2) is 74.9 Å². The van der Waals surface area contributed by atoms with Crippen molar-refractivity contribution in [3.05, 3.63) is 48.0 Å². The number of carbonyl (C=O) groups excluding carboxylic acids is 1. The van der Waals surface area contributed by atoms with Crippen LogP contribution in [0.4, 0.5) is 5.13 Å². The SMILES string of the molecule is CCOc1ccc2nc(N(CCCN(C)C)C(=O)C3CCCN3S(=O)(=O)c3ccc(C)cc3)sc2c1. The van der Waals surface area contributed by atoms with Gasteiger partial charge in [-0.15, -0.1) is 0 Å². The normalized spacial score (nSPS) is 16.6. The van der Waals surface area contributed by atoms with Crippen molar-refractivity contribution in [1.29, 1.82) is 0 Å². The molecule has 0 spiro atoms. The van der Waals surface area contributed by atoms with E-state index in [2.05, 4.69) is 4.90 Å². The Labute approximate surface area is 217 Å². The van der Waals surface area contributed by atoms with E-state index in [9.17, 15) is 13.2 Å². The molecule has 0 aliphatic carbocycles. The molecule has 1 amide bonds. The Hall–Kier alpha value is -2.53. The summed E-state index contributed by atoms with van der Waals surface area (Å²) in [5.74, 6) is 0.544. The van der Waals surface area contributed by atoms with Crippen LogP contribution in [0.5, 0.6) is 5.75 Å². The Morgan fingerprint density at radius 3 is 2.61 bits per heavy atom. The molecule has 4 rings (SSSR count). The molecule has 0 bridgehead atoms. The second kappa shape index (κ2) is 11.2. The van der Waals surface area contributed by atoms with Crippen LogP contribution in [0.15, 0.2) is 47.4 Å². The van der Waals surface area contributed by atoms with Gasteiger partial charge >= 0.3 is 0 Å². The van der Waals surface area contributed by atoms with Crippen LogP contribution in [0, 0.1) is 6.92 Å². The number of amides is 1. The summed E-state index contributed by atoms with van der Waals surface area (Å²) in [6.07, 6.45) is 1.88. The molecule has 0 radical (unpaired) electrons. The summed E-state index contributed by atoms with van der Waals surface area (Å²) < 4.78 is 34.9. The van der Waals surface area contributed by atoms with Crippen LogP contribution in [0.25, 0.3) is 10.2 Å². The number of benzene rings is 2. The number of aromatic nitrogens is 1. The second-order valence-electron chi connectivity index (χ2n) is 9.29. The van der Waals surface area contributed by atoms with Gasteiger partial charge in [-0.05, 0) is 84.1 Å². The first-order valence-corrected chi connectivity index (χ1v) is 14.5.